The topological polar surface area (TPSA) is 21.3 Å². The first-order chi connectivity index (χ1) is 5.47. The summed E-state index contributed by atoms with van der Waals surface area (Å²) in [6, 6.07) is 8.00. The molecule has 1 N–H and O–H groups in total. The highest BCUT2D eigenvalue weighted by atomic mass is 16.6. The van der Waals surface area contributed by atoms with E-state index in [-0.39, 0.29) is 0 Å². The van der Waals surface area contributed by atoms with Crippen LogP contribution in [-0.4, -0.2) is 0 Å². The van der Waals surface area contributed by atoms with E-state index < -0.39 is 0 Å². The van der Waals surface area contributed by atoms with Gasteiger partial charge in [0.15, 0.2) is 5.75 Å². The summed E-state index contributed by atoms with van der Waals surface area (Å²) in [6.45, 7) is 0. The minimum atomic E-state index is 0.914. The number of hydroxylamine groups is 1. The van der Waals surface area contributed by atoms with Crippen molar-refractivity contribution in [3.63, 3.8) is 0 Å². The zero-order valence-corrected chi connectivity index (χ0v) is 6.08. The Morgan fingerprint density at radius 2 is 2.18 bits per heavy atom. The lowest BCUT2D eigenvalue weighted by Gasteiger charge is -2.04. The second-order valence-electron chi connectivity index (χ2n) is 2.43. The number of fused-ring (bicyclic) bond motifs is 1. The van der Waals surface area contributed by atoms with Crippen LogP contribution in [0.3, 0.4) is 0 Å². The van der Waals surface area contributed by atoms with Crippen molar-refractivity contribution < 1.29 is 4.84 Å². The van der Waals surface area contributed by atoms with Gasteiger partial charge < -0.3 is 4.84 Å². The number of nitrogens with one attached hydrogen (secondary N) is 1. The first kappa shape index (κ1) is 6.28. The van der Waals surface area contributed by atoms with Gasteiger partial charge in [0.25, 0.3) is 0 Å². The summed E-state index contributed by atoms with van der Waals surface area (Å²) in [5.74, 6) is 0.914. The second-order valence-corrected chi connectivity index (χ2v) is 2.43. The summed E-state index contributed by atoms with van der Waals surface area (Å²) in [6.07, 6.45) is 4.77. The Morgan fingerprint density at radius 3 is 3.18 bits per heavy atom. The third-order valence-corrected chi connectivity index (χ3v) is 1.67. The smallest absolute Gasteiger partial charge is 0.158 e. The standard InChI is InChI=1S/C9H9NO/c1-2-6-9-8(4-1)5-3-7-10-11-9/h1-4,6-7,10H,5H2. The molecule has 1 heterocycles. The Kier molecular flexibility index (Phi) is 1.52. The molecule has 0 fully saturated rings. The molecule has 1 aliphatic heterocycles. The molecule has 0 saturated carbocycles. The largest absolute Gasteiger partial charge is 0.382 e. The molecule has 2 rings (SSSR count). The summed E-state index contributed by atoms with van der Waals surface area (Å²) in [4.78, 5) is 5.21. The van der Waals surface area contributed by atoms with E-state index in [1.165, 1.54) is 5.56 Å². The zero-order chi connectivity index (χ0) is 7.52. The predicted molar refractivity (Wildman–Crippen MR) is 43.0 cm³/mol. The van der Waals surface area contributed by atoms with Crippen LogP contribution in [-0.2, 0) is 6.42 Å². The van der Waals surface area contributed by atoms with Crippen molar-refractivity contribution in [3.05, 3.63) is 42.1 Å². The molecule has 1 aromatic carbocycles. The van der Waals surface area contributed by atoms with Crippen LogP contribution < -0.4 is 10.3 Å². The fourth-order valence-corrected chi connectivity index (χ4v) is 1.10. The maximum atomic E-state index is 5.21. The Bertz CT molecular complexity index is 281. The van der Waals surface area contributed by atoms with Crippen molar-refractivity contribution in [2.75, 3.05) is 0 Å². The van der Waals surface area contributed by atoms with E-state index in [9.17, 15) is 0 Å². The van der Waals surface area contributed by atoms with E-state index in [4.69, 9.17) is 4.84 Å². The highest BCUT2D eigenvalue weighted by molar-refractivity contribution is 5.35. The molecule has 0 atom stereocenters. The van der Waals surface area contributed by atoms with E-state index in [1.807, 2.05) is 24.3 Å². The van der Waals surface area contributed by atoms with E-state index in [0.29, 0.717) is 0 Å². The molecular weight excluding hydrogens is 138 g/mol. The Hall–Kier alpha value is -1.44. The number of para-hydroxylation sites is 1. The van der Waals surface area contributed by atoms with Crippen LogP contribution in [0.4, 0.5) is 0 Å². The van der Waals surface area contributed by atoms with Gasteiger partial charge in [-0.2, -0.15) is 0 Å². The highest BCUT2D eigenvalue weighted by Crippen LogP contribution is 2.18. The van der Waals surface area contributed by atoms with Gasteiger partial charge in [0.1, 0.15) is 0 Å². The Balaban J connectivity index is 2.40. The van der Waals surface area contributed by atoms with Crippen molar-refractivity contribution >= 4 is 0 Å². The van der Waals surface area contributed by atoms with Gasteiger partial charge in [-0.05, 0) is 12.5 Å². The van der Waals surface area contributed by atoms with Crippen LogP contribution in [0.15, 0.2) is 36.5 Å². The van der Waals surface area contributed by atoms with Crippen molar-refractivity contribution in [3.8, 4) is 5.75 Å². The predicted octanol–water partition coefficient (Wildman–Crippen LogP) is 1.64. The first-order valence-electron chi connectivity index (χ1n) is 3.62. The number of hydrogen-bond acceptors (Lipinski definition) is 2. The lowest BCUT2D eigenvalue weighted by atomic mass is 10.1. The van der Waals surface area contributed by atoms with Crippen molar-refractivity contribution in [2.45, 2.75) is 6.42 Å². The zero-order valence-electron chi connectivity index (χ0n) is 6.08. The summed E-state index contributed by atoms with van der Waals surface area (Å²) < 4.78 is 0. The fraction of sp³-hybridized carbons (Fsp3) is 0.111. The van der Waals surface area contributed by atoms with Crippen LogP contribution >= 0.6 is 0 Å². The lowest BCUT2D eigenvalue weighted by molar-refractivity contribution is 0.243. The summed E-state index contributed by atoms with van der Waals surface area (Å²) in [5.41, 5.74) is 3.94. The molecule has 0 amide bonds. The number of allylic oxidation sites excluding steroid dienone is 1. The number of benzene rings is 1. The minimum absolute atomic E-state index is 0.914. The minimum Gasteiger partial charge on any atom is -0.382 e. The van der Waals surface area contributed by atoms with Gasteiger partial charge in [0.05, 0.1) is 0 Å². The lowest BCUT2D eigenvalue weighted by Crippen LogP contribution is -2.08. The third kappa shape index (κ3) is 1.19. The molecule has 11 heavy (non-hydrogen) atoms. The maximum Gasteiger partial charge on any atom is 0.158 e. The van der Waals surface area contributed by atoms with Gasteiger partial charge in [0, 0.05) is 11.8 Å². The van der Waals surface area contributed by atoms with Crippen LogP contribution in [0.25, 0.3) is 0 Å². The average molecular weight is 147 g/mol. The van der Waals surface area contributed by atoms with Gasteiger partial charge in [-0.3, -0.25) is 0 Å². The van der Waals surface area contributed by atoms with Crippen molar-refractivity contribution in [1.29, 1.82) is 0 Å². The molecule has 0 saturated heterocycles. The van der Waals surface area contributed by atoms with E-state index in [0.717, 1.165) is 12.2 Å². The summed E-state index contributed by atoms with van der Waals surface area (Å²) in [5, 5.41) is 0. The van der Waals surface area contributed by atoms with E-state index in [2.05, 4.69) is 11.5 Å². The average Bonchev–Trinajstić information content (AvgIpc) is 2.28. The third-order valence-electron chi connectivity index (χ3n) is 1.67. The molecule has 0 unspecified atom stereocenters. The molecule has 0 aromatic heterocycles. The molecule has 56 valence electrons. The molecule has 0 spiro atoms. The first-order valence-corrected chi connectivity index (χ1v) is 3.62. The van der Waals surface area contributed by atoms with Crippen molar-refractivity contribution in [1.82, 2.24) is 5.48 Å². The monoisotopic (exact) mass is 147 g/mol. The highest BCUT2D eigenvalue weighted by Gasteiger charge is 2.02. The van der Waals surface area contributed by atoms with Gasteiger partial charge in [0.2, 0.25) is 0 Å². The molecule has 2 heteroatoms. The van der Waals surface area contributed by atoms with E-state index in [1.54, 1.807) is 6.20 Å². The summed E-state index contributed by atoms with van der Waals surface area (Å²) >= 11 is 0. The Morgan fingerprint density at radius 1 is 1.27 bits per heavy atom. The molecule has 0 bridgehead atoms. The quantitative estimate of drug-likeness (QED) is 0.602. The van der Waals surface area contributed by atoms with Gasteiger partial charge in [-0.15, -0.1) is 0 Å². The fourth-order valence-electron chi connectivity index (χ4n) is 1.10. The van der Waals surface area contributed by atoms with Gasteiger partial charge >= 0.3 is 0 Å². The Labute approximate surface area is 65.4 Å². The van der Waals surface area contributed by atoms with Gasteiger partial charge in [-0.25, -0.2) is 5.48 Å². The SMILES string of the molecule is C1=CNOc2ccccc2C1. The number of hydrogen-bond donors (Lipinski definition) is 1. The molecular formula is C9H9NO. The molecule has 2 nitrogen and oxygen atoms in total. The van der Waals surface area contributed by atoms with Crippen LogP contribution in [0.5, 0.6) is 5.75 Å². The van der Waals surface area contributed by atoms with E-state index >= 15 is 0 Å². The molecule has 1 aromatic rings. The van der Waals surface area contributed by atoms with Crippen LogP contribution in [0.1, 0.15) is 5.56 Å². The molecule has 0 aliphatic carbocycles. The van der Waals surface area contributed by atoms with Crippen LogP contribution in [0, 0.1) is 0 Å². The molecule has 0 radical (unpaired) electrons. The molecule has 1 aliphatic rings. The van der Waals surface area contributed by atoms with Crippen LogP contribution in [0.2, 0.25) is 0 Å². The number of rotatable bonds is 0. The van der Waals surface area contributed by atoms with Gasteiger partial charge in [-0.1, -0.05) is 24.3 Å². The normalized spacial score (nSPS) is 14.2. The summed E-state index contributed by atoms with van der Waals surface area (Å²) in [7, 11) is 0. The van der Waals surface area contributed by atoms with Crippen molar-refractivity contribution in [2.24, 2.45) is 0 Å². The second kappa shape index (κ2) is 2.66. The maximum absolute atomic E-state index is 5.21.